The minimum Gasteiger partial charge on any atom is -0.378 e. The SMILES string of the molecule is C[C@H](NC(=O)c1ccc(Cl)cc1)C(=O)N1CCOCC1. The number of carbonyl (C=O) groups excluding carboxylic acids is 2. The minimum absolute atomic E-state index is 0.0874. The molecular weight excluding hydrogens is 280 g/mol. The van der Waals surface area contributed by atoms with Crippen LogP contribution in [0.2, 0.25) is 5.02 Å². The molecule has 1 aliphatic rings. The maximum Gasteiger partial charge on any atom is 0.251 e. The van der Waals surface area contributed by atoms with E-state index in [9.17, 15) is 9.59 Å². The Hall–Kier alpha value is -1.59. The summed E-state index contributed by atoms with van der Waals surface area (Å²) in [4.78, 5) is 25.9. The van der Waals surface area contributed by atoms with Crippen LogP contribution < -0.4 is 5.32 Å². The molecule has 1 aromatic carbocycles. The second kappa shape index (κ2) is 6.72. The van der Waals surface area contributed by atoms with Gasteiger partial charge in [0.1, 0.15) is 6.04 Å². The number of hydrogen-bond donors (Lipinski definition) is 1. The van der Waals surface area contributed by atoms with Crippen molar-refractivity contribution in [2.75, 3.05) is 26.3 Å². The number of amides is 2. The zero-order valence-electron chi connectivity index (χ0n) is 11.3. The van der Waals surface area contributed by atoms with Gasteiger partial charge in [-0.3, -0.25) is 9.59 Å². The second-order valence-electron chi connectivity index (χ2n) is 4.64. The molecule has 0 spiro atoms. The lowest BCUT2D eigenvalue weighted by Crippen LogP contribution is -2.50. The van der Waals surface area contributed by atoms with E-state index >= 15 is 0 Å². The van der Waals surface area contributed by atoms with Crippen LogP contribution in [0.25, 0.3) is 0 Å². The highest BCUT2D eigenvalue weighted by Crippen LogP contribution is 2.10. The number of halogens is 1. The van der Waals surface area contributed by atoms with Crippen LogP contribution in [0.5, 0.6) is 0 Å². The molecule has 0 saturated carbocycles. The molecule has 1 saturated heterocycles. The Morgan fingerprint density at radius 2 is 1.85 bits per heavy atom. The summed E-state index contributed by atoms with van der Waals surface area (Å²) in [6, 6.07) is 5.99. The third kappa shape index (κ3) is 3.71. The van der Waals surface area contributed by atoms with Gasteiger partial charge in [-0.1, -0.05) is 11.6 Å². The Kier molecular flexibility index (Phi) is 4.98. The van der Waals surface area contributed by atoms with Crippen molar-refractivity contribution in [2.45, 2.75) is 13.0 Å². The summed E-state index contributed by atoms with van der Waals surface area (Å²) in [6.07, 6.45) is 0. The summed E-state index contributed by atoms with van der Waals surface area (Å²) in [5, 5.41) is 3.27. The van der Waals surface area contributed by atoms with E-state index < -0.39 is 6.04 Å². The van der Waals surface area contributed by atoms with Gasteiger partial charge in [0, 0.05) is 23.7 Å². The molecule has 0 radical (unpaired) electrons. The molecule has 0 unspecified atom stereocenters. The molecule has 1 atom stereocenters. The Balaban J connectivity index is 1.92. The first-order chi connectivity index (χ1) is 9.58. The van der Waals surface area contributed by atoms with E-state index in [1.54, 1.807) is 36.1 Å². The molecule has 1 fully saturated rings. The first-order valence-electron chi connectivity index (χ1n) is 6.51. The van der Waals surface area contributed by atoms with E-state index in [2.05, 4.69) is 5.32 Å². The standard InChI is InChI=1S/C14H17ClN2O3/c1-10(14(19)17-6-8-20-9-7-17)16-13(18)11-2-4-12(15)5-3-11/h2-5,10H,6-9H2,1H3,(H,16,18)/t10-/m0/s1. The molecular formula is C14H17ClN2O3. The second-order valence-corrected chi connectivity index (χ2v) is 5.08. The Bertz CT molecular complexity index is 484. The number of nitrogens with one attached hydrogen (secondary N) is 1. The molecule has 108 valence electrons. The number of rotatable bonds is 3. The molecule has 0 aliphatic carbocycles. The fourth-order valence-electron chi connectivity index (χ4n) is 2.00. The molecule has 2 rings (SSSR count). The van der Waals surface area contributed by atoms with Crippen molar-refractivity contribution in [2.24, 2.45) is 0 Å². The maximum absolute atomic E-state index is 12.2. The summed E-state index contributed by atoms with van der Waals surface area (Å²) in [6.45, 7) is 3.92. The molecule has 1 aromatic rings. The third-order valence-corrected chi connectivity index (χ3v) is 3.40. The predicted octanol–water partition coefficient (Wildman–Crippen LogP) is 1.32. The fraction of sp³-hybridized carbons (Fsp3) is 0.429. The van der Waals surface area contributed by atoms with E-state index in [0.717, 1.165) is 0 Å². The summed E-state index contributed by atoms with van der Waals surface area (Å²) in [5.74, 6) is -0.369. The summed E-state index contributed by atoms with van der Waals surface area (Å²) < 4.78 is 5.20. The quantitative estimate of drug-likeness (QED) is 0.915. The maximum atomic E-state index is 12.2. The zero-order valence-corrected chi connectivity index (χ0v) is 12.0. The molecule has 1 heterocycles. The Labute approximate surface area is 122 Å². The van der Waals surface area contributed by atoms with Crippen molar-refractivity contribution < 1.29 is 14.3 Å². The van der Waals surface area contributed by atoms with Crippen LogP contribution in [0.1, 0.15) is 17.3 Å². The molecule has 0 aromatic heterocycles. The molecule has 2 amide bonds. The average Bonchev–Trinajstić information content (AvgIpc) is 2.48. The van der Waals surface area contributed by atoms with Crippen LogP contribution in [-0.2, 0) is 9.53 Å². The number of morpholine rings is 1. The van der Waals surface area contributed by atoms with Crippen molar-refractivity contribution in [1.29, 1.82) is 0 Å². The minimum atomic E-state index is -0.559. The van der Waals surface area contributed by atoms with Crippen LogP contribution in [0.3, 0.4) is 0 Å². The Morgan fingerprint density at radius 3 is 2.45 bits per heavy atom. The van der Waals surface area contributed by atoms with Gasteiger partial charge in [-0.2, -0.15) is 0 Å². The van der Waals surface area contributed by atoms with Gasteiger partial charge in [0.15, 0.2) is 0 Å². The number of hydrogen-bond acceptors (Lipinski definition) is 3. The number of ether oxygens (including phenoxy) is 1. The lowest BCUT2D eigenvalue weighted by Gasteiger charge is -2.29. The number of carbonyl (C=O) groups is 2. The first-order valence-corrected chi connectivity index (χ1v) is 6.88. The summed E-state index contributed by atoms with van der Waals surface area (Å²) in [5.41, 5.74) is 0.482. The smallest absolute Gasteiger partial charge is 0.251 e. The third-order valence-electron chi connectivity index (χ3n) is 3.15. The highest BCUT2D eigenvalue weighted by molar-refractivity contribution is 6.30. The lowest BCUT2D eigenvalue weighted by atomic mass is 10.2. The summed E-state index contributed by atoms with van der Waals surface area (Å²) in [7, 11) is 0. The topological polar surface area (TPSA) is 58.6 Å². The van der Waals surface area contributed by atoms with E-state index in [1.165, 1.54) is 0 Å². The number of nitrogens with zero attached hydrogens (tertiary/aromatic N) is 1. The molecule has 6 heteroatoms. The number of benzene rings is 1. The normalized spacial score (nSPS) is 16.6. The van der Waals surface area contributed by atoms with Crippen LogP contribution in [-0.4, -0.2) is 49.1 Å². The lowest BCUT2D eigenvalue weighted by molar-refractivity contribution is -0.136. The van der Waals surface area contributed by atoms with Gasteiger partial charge >= 0.3 is 0 Å². The molecule has 1 aliphatic heterocycles. The van der Waals surface area contributed by atoms with Gasteiger partial charge in [0.25, 0.3) is 5.91 Å². The first kappa shape index (κ1) is 14.8. The van der Waals surface area contributed by atoms with Crippen LogP contribution >= 0.6 is 11.6 Å². The van der Waals surface area contributed by atoms with Crippen molar-refractivity contribution >= 4 is 23.4 Å². The van der Waals surface area contributed by atoms with Crippen molar-refractivity contribution in [3.8, 4) is 0 Å². The van der Waals surface area contributed by atoms with Crippen LogP contribution in [0.4, 0.5) is 0 Å². The van der Waals surface area contributed by atoms with Gasteiger partial charge in [-0.05, 0) is 31.2 Å². The van der Waals surface area contributed by atoms with E-state index in [-0.39, 0.29) is 11.8 Å². The highest BCUT2D eigenvalue weighted by atomic mass is 35.5. The van der Waals surface area contributed by atoms with E-state index in [4.69, 9.17) is 16.3 Å². The van der Waals surface area contributed by atoms with Crippen molar-refractivity contribution in [3.05, 3.63) is 34.9 Å². The summed E-state index contributed by atoms with van der Waals surface area (Å²) >= 11 is 5.77. The predicted molar refractivity (Wildman–Crippen MR) is 75.8 cm³/mol. The zero-order chi connectivity index (χ0) is 14.5. The van der Waals surface area contributed by atoms with Crippen molar-refractivity contribution in [3.63, 3.8) is 0 Å². The van der Waals surface area contributed by atoms with E-state index in [0.29, 0.717) is 36.9 Å². The molecule has 20 heavy (non-hydrogen) atoms. The Morgan fingerprint density at radius 1 is 1.25 bits per heavy atom. The van der Waals surface area contributed by atoms with Crippen LogP contribution in [0, 0.1) is 0 Å². The van der Waals surface area contributed by atoms with Gasteiger partial charge in [-0.25, -0.2) is 0 Å². The molecule has 0 bridgehead atoms. The van der Waals surface area contributed by atoms with Crippen LogP contribution in [0.15, 0.2) is 24.3 Å². The van der Waals surface area contributed by atoms with Gasteiger partial charge in [0.05, 0.1) is 13.2 Å². The average molecular weight is 297 g/mol. The van der Waals surface area contributed by atoms with Gasteiger partial charge in [0.2, 0.25) is 5.91 Å². The van der Waals surface area contributed by atoms with Crippen molar-refractivity contribution in [1.82, 2.24) is 10.2 Å². The molecule has 5 nitrogen and oxygen atoms in total. The largest absolute Gasteiger partial charge is 0.378 e. The van der Waals surface area contributed by atoms with Gasteiger partial charge in [-0.15, -0.1) is 0 Å². The monoisotopic (exact) mass is 296 g/mol. The molecule has 1 N–H and O–H groups in total. The van der Waals surface area contributed by atoms with Gasteiger partial charge < -0.3 is 15.0 Å². The highest BCUT2D eigenvalue weighted by Gasteiger charge is 2.23. The fourth-order valence-corrected chi connectivity index (χ4v) is 2.13. The van der Waals surface area contributed by atoms with E-state index in [1.807, 2.05) is 0 Å².